The van der Waals surface area contributed by atoms with E-state index in [1.165, 1.54) is 18.2 Å². The molecule has 0 N–H and O–H groups in total. The fraction of sp³-hybridized carbons (Fsp3) is 0.227. The third kappa shape index (κ3) is 4.89. The van der Waals surface area contributed by atoms with E-state index in [1.807, 2.05) is 42.7 Å². The van der Waals surface area contributed by atoms with Crippen molar-refractivity contribution in [2.75, 3.05) is 0 Å². The van der Waals surface area contributed by atoms with E-state index < -0.39 is 5.82 Å². The van der Waals surface area contributed by atoms with Gasteiger partial charge < -0.3 is 4.74 Å². The Morgan fingerprint density at radius 1 is 1.04 bits per heavy atom. The molecular formula is C22H20FN3O. The quantitative estimate of drug-likeness (QED) is 0.589. The number of nitrogens with zero attached hydrogens (tertiary/aromatic N) is 3. The van der Waals surface area contributed by atoms with Crippen LogP contribution in [-0.2, 0) is 13.0 Å². The molecule has 2 aromatic carbocycles. The highest BCUT2D eigenvalue weighted by Crippen LogP contribution is 2.21. The number of hydrogen-bond donors (Lipinski definition) is 0. The molecule has 0 radical (unpaired) electrons. The lowest BCUT2D eigenvalue weighted by Gasteiger charge is -2.08. The molecule has 0 fully saturated rings. The van der Waals surface area contributed by atoms with Crippen LogP contribution < -0.4 is 4.74 Å². The van der Waals surface area contributed by atoms with E-state index in [-0.39, 0.29) is 17.9 Å². The monoisotopic (exact) mass is 361 g/mol. The van der Waals surface area contributed by atoms with Crippen molar-refractivity contribution in [3.8, 4) is 23.2 Å². The van der Waals surface area contributed by atoms with Gasteiger partial charge >= 0.3 is 0 Å². The molecule has 136 valence electrons. The molecule has 0 aliphatic rings. The Hall–Kier alpha value is -3.26. The Balaban J connectivity index is 1.62. The normalized spacial score (nSPS) is 10.4. The van der Waals surface area contributed by atoms with Gasteiger partial charge in [0.25, 0.3) is 0 Å². The van der Waals surface area contributed by atoms with E-state index in [1.54, 1.807) is 0 Å². The van der Waals surface area contributed by atoms with Crippen molar-refractivity contribution in [3.63, 3.8) is 0 Å². The molecule has 3 rings (SSSR count). The molecule has 5 heteroatoms. The first-order valence-corrected chi connectivity index (χ1v) is 8.92. The number of aryl methyl sites for hydroxylation is 1. The Labute approximate surface area is 158 Å². The summed E-state index contributed by atoms with van der Waals surface area (Å²) >= 11 is 0. The third-order valence-electron chi connectivity index (χ3n) is 4.19. The Morgan fingerprint density at radius 3 is 2.41 bits per heavy atom. The van der Waals surface area contributed by atoms with Crippen LogP contribution in [0.15, 0.2) is 54.9 Å². The van der Waals surface area contributed by atoms with Crippen molar-refractivity contribution in [2.45, 2.75) is 32.8 Å². The number of rotatable bonds is 7. The van der Waals surface area contributed by atoms with Gasteiger partial charge in [-0.1, -0.05) is 37.6 Å². The zero-order valence-corrected chi connectivity index (χ0v) is 15.2. The van der Waals surface area contributed by atoms with Gasteiger partial charge in [0, 0.05) is 18.0 Å². The molecule has 0 aliphatic heterocycles. The van der Waals surface area contributed by atoms with E-state index in [9.17, 15) is 4.39 Å². The number of aromatic nitrogens is 2. The average molecular weight is 361 g/mol. The van der Waals surface area contributed by atoms with Crippen molar-refractivity contribution < 1.29 is 9.13 Å². The maximum atomic E-state index is 13.8. The smallest absolute Gasteiger partial charge is 0.166 e. The first-order valence-electron chi connectivity index (χ1n) is 8.92. The van der Waals surface area contributed by atoms with Crippen LogP contribution in [-0.4, -0.2) is 9.97 Å². The highest BCUT2D eigenvalue weighted by atomic mass is 19.1. The first kappa shape index (κ1) is 18.5. The fourth-order valence-electron chi connectivity index (χ4n) is 2.61. The van der Waals surface area contributed by atoms with E-state index >= 15 is 0 Å². The molecule has 0 bridgehead atoms. The molecule has 27 heavy (non-hydrogen) atoms. The number of hydrogen-bond acceptors (Lipinski definition) is 4. The number of nitriles is 1. The first-order chi connectivity index (χ1) is 13.2. The third-order valence-corrected chi connectivity index (χ3v) is 4.19. The van der Waals surface area contributed by atoms with E-state index in [4.69, 9.17) is 10.00 Å². The number of halogens is 1. The molecule has 4 nitrogen and oxygen atoms in total. The van der Waals surface area contributed by atoms with Crippen LogP contribution >= 0.6 is 0 Å². The Bertz CT molecular complexity index is 931. The predicted octanol–water partition coefficient (Wildman–Crippen LogP) is 5.08. The van der Waals surface area contributed by atoms with Gasteiger partial charge in [-0.2, -0.15) is 5.26 Å². The van der Waals surface area contributed by atoms with Gasteiger partial charge in [-0.05, 0) is 42.2 Å². The molecule has 0 saturated carbocycles. The van der Waals surface area contributed by atoms with E-state index in [2.05, 4.69) is 16.9 Å². The maximum Gasteiger partial charge on any atom is 0.166 e. The average Bonchev–Trinajstić information content (AvgIpc) is 2.72. The molecule has 0 aliphatic carbocycles. The van der Waals surface area contributed by atoms with Crippen LogP contribution in [0.2, 0.25) is 0 Å². The summed E-state index contributed by atoms with van der Waals surface area (Å²) in [5, 5.41) is 8.77. The summed E-state index contributed by atoms with van der Waals surface area (Å²) in [5.74, 6) is 0.271. The zero-order chi connectivity index (χ0) is 19.1. The van der Waals surface area contributed by atoms with Crippen molar-refractivity contribution in [2.24, 2.45) is 0 Å². The zero-order valence-electron chi connectivity index (χ0n) is 15.2. The lowest BCUT2D eigenvalue weighted by atomic mass is 10.1. The fourth-order valence-corrected chi connectivity index (χ4v) is 2.61. The topological polar surface area (TPSA) is 58.8 Å². The summed E-state index contributed by atoms with van der Waals surface area (Å²) in [4.78, 5) is 8.87. The van der Waals surface area contributed by atoms with Gasteiger partial charge in [0.2, 0.25) is 0 Å². The highest BCUT2D eigenvalue weighted by molar-refractivity contribution is 5.55. The number of ether oxygens (including phenoxy) is 1. The van der Waals surface area contributed by atoms with E-state index in [0.717, 1.165) is 36.0 Å². The molecule has 1 heterocycles. The molecule has 0 unspecified atom stereocenters. The second-order valence-electron chi connectivity index (χ2n) is 6.26. The maximum absolute atomic E-state index is 13.8. The molecule has 1 aromatic heterocycles. The summed E-state index contributed by atoms with van der Waals surface area (Å²) < 4.78 is 19.3. The van der Waals surface area contributed by atoms with Gasteiger partial charge in [0.1, 0.15) is 6.61 Å². The van der Waals surface area contributed by atoms with Gasteiger partial charge in [-0.15, -0.1) is 0 Å². The largest absolute Gasteiger partial charge is 0.486 e. The van der Waals surface area contributed by atoms with Crippen molar-refractivity contribution in [1.82, 2.24) is 9.97 Å². The summed E-state index contributed by atoms with van der Waals surface area (Å²) in [6, 6.07) is 13.7. The second kappa shape index (κ2) is 8.91. The molecule has 0 atom stereocenters. The van der Waals surface area contributed by atoms with Crippen LogP contribution in [0.3, 0.4) is 0 Å². The molecule has 0 spiro atoms. The Morgan fingerprint density at radius 2 is 1.78 bits per heavy atom. The van der Waals surface area contributed by atoms with Crippen LogP contribution in [0.25, 0.3) is 11.4 Å². The molecule has 3 aromatic rings. The van der Waals surface area contributed by atoms with Gasteiger partial charge in [-0.3, -0.25) is 0 Å². The summed E-state index contributed by atoms with van der Waals surface area (Å²) in [5.41, 5.74) is 3.24. The van der Waals surface area contributed by atoms with Gasteiger partial charge in [-0.25, -0.2) is 14.4 Å². The lowest BCUT2D eigenvalue weighted by Crippen LogP contribution is -1.98. The van der Waals surface area contributed by atoms with Crippen LogP contribution in [0, 0.1) is 17.1 Å². The SMILES string of the molecule is CCCCc1cnc(-c2ccc(COc3ccc(C#N)cc3F)cc2)nc1. The van der Waals surface area contributed by atoms with Crippen molar-refractivity contribution in [1.29, 1.82) is 5.26 Å². The highest BCUT2D eigenvalue weighted by Gasteiger charge is 2.06. The minimum Gasteiger partial charge on any atom is -0.486 e. The second-order valence-corrected chi connectivity index (χ2v) is 6.26. The van der Waals surface area contributed by atoms with Crippen molar-refractivity contribution >= 4 is 0 Å². The molecule has 0 saturated heterocycles. The summed E-state index contributed by atoms with van der Waals surface area (Å²) in [7, 11) is 0. The minimum absolute atomic E-state index is 0.129. The lowest BCUT2D eigenvalue weighted by molar-refractivity contribution is 0.290. The van der Waals surface area contributed by atoms with Crippen molar-refractivity contribution in [3.05, 3.63) is 77.4 Å². The van der Waals surface area contributed by atoms with Gasteiger partial charge in [0.15, 0.2) is 17.4 Å². The summed E-state index contributed by atoms with van der Waals surface area (Å²) in [6.07, 6.45) is 7.04. The predicted molar refractivity (Wildman–Crippen MR) is 102 cm³/mol. The number of unbranched alkanes of at least 4 members (excludes halogenated alkanes) is 1. The molecular weight excluding hydrogens is 341 g/mol. The van der Waals surface area contributed by atoms with E-state index in [0.29, 0.717) is 5.82 Å². The standard InChI is InChI=1S/C22H20FN3O/c1-2-3-4-18-13-25-22(26-14-18)19-8-5-16(6-9-19)15-27-21-10-7-17(12-24)11-20(21)23/h5-11,13-14H,2-4,15H2,1H3. The summed E-state index contributed by atoms with van der Waals surface area (Å²) in [6.45, 7) is 2.40. The minimum atomic E-state index is -0.540. The molecule has 0 amide bonds. The Kier molecular flexibility index (Phi) is 6.11. The van der Waals surface area contributed by atoms with Gasteiger partial charge in [0.05, 0.1) is 11.6 Å². The van der Waals surface area contributed by atoms with Crippen LogP contribution in [0.4, 0.5) is 4.39 Å². The number of benzene rings is 2. The van der Waals surface area contributed by atoms with Crippen LogP contribution in [0.1, 0.15) is 36.5 Å². The van der Waals surface area contributed by atoms with Crippen LogP contribution in [0.5, 0.6) is 5.75 Å².